The summed E-state index contributed by atoms with van der Waals surface area (Å²) in [6, 6.07) is 0. The molecule has 1 heteroatoms. The van der Waals surface area contributed by atoms with E-state index < -0.39 is 0 Å². The van der Waals surface area contributed by atoms with Gasteiger partial charge in [0.25, 0.3) is 0 Å². The van der Waals surface area contributed by atoms with E-state index in [1.165, 1.54) is 57.8 Å². The molecule has 0 N–H and O–H groups in total. The Labute approximate surface area is 170 Å². The van der Waals surface area contributed by atoms with Crippen LogP contribution in [0.5, 0.6) is 0 Å². The van der Waals surface area contributed by atoms with Crippen molar-refractivity contribution >= 4 is 0 Å². The van der Waals surface area contributed by atoms with E-state index in [1.807, 2.05) is 0 Å². The van der Waals surface area contributed by atoms with Crippen LogP contribution in [0, 0.1) is 46.3 Å². The maximum absolute atomic E-state index is 6.40. The molecule has 0 aromatic rings. The maximum Gasteiger partial charge on any atom is 0.0605 e. The molecule has 0 saturated heterocycles. The molecule has 0 heterocycles. The highest BCUT2D eigenvalue weighted by molar-refractivity contribution is 5.07. The monoisotopic (exact) mass is 376 g/mol. The first kappa shape index (κ1) is 21.7. The average Bonchev–Trinajstić information content (AvgIpc) is 3.50. The third-order valence-electron chi connectivity index (χ3n) is 9.35. The molecule has 1 nitrogen and oxygen atoms in total. The second kappa shape index (κ2) is 8.37. The summed E-state index contributed by atoms with van der Waals surface area (Å²) in [6.45, 7) is 18.0. The van der Waals surface area contributed by atoms with Gasteiger partial charge in [0.05, 0.1) is 6.10 Å². The number of hydrogen-bond acceptors (Lipinski definition) is 1. The zero-order valence-electron chi connectivity index (χ0n) is 19.5. The van der Waals surface area contributed by atoms with Crippen LogP contribution in [0.1, 0.15) is 106 Å². The van der Waals surface area contributed by atoms with Crippen LogP contribution in [0.3, 0.4) is 0 Å². The van der Waals surface area contributed by atoms with E-state index in [0.29, 0.717) is 16.9 Å². The van der Waals surface area contributed by atoms with Gasteiger partial charge in [-0.1, -0.05) is 54.4 Å². The van der Waals surface area contributed by atoms with Gasteiger partial charge in [-0.05, 0) is 98.2 Å². The van der Waals surface area contributed by atoms with Gasteiger partial charge in [0, 0.05) is 6.61 Å². The van der Waals surface area contributed by atoms with Gasteiger partial charge in [0.1, 0.15) is 0 Å². The minimum Gasteiger partial charge on any atom is -0.378 e. The van der Waals surface area contributed by atoms with Gasteiger partial charge >= 0.3 is 0 Å². The SMILES string of the molecule is CCCC(OCC)C(CCC1(C)CC1C(C)CC)C1CC(C)C2CC2(C)C1. The Balaban J connectivity index is 1.68. The second-order valence-corrected chi connectivity index (χ2v) is 11.5. The van der Waals surface area contributed by atoms with Crippen LogP contribution in [0.25, 0.3) is 0 Å². The lowest BCUT2D eigenvalue weighted by Crippen LogP contribution is -2.36. The highest BCUT2D eigenvalue weighted by Gasteiger charge is 2.58. The van der Waals surface area contributed by atoms with Gasteiger partial charge in [-0.3, -0.25) is 0 Å². The summed E-state index contributed by atoms with van der Waals surface area (Å²) < 4.78 is 6.40. The molecule has 0 aromatic heterocycles. The highest BCUT2D eigenvalue weighted by atomic mass is 16.5. The van der Waals surface area contributed by atoms with Crippen LogP contribution in [-0.4, -0.2) is 12.7 Å². The van der Waals surface area contributed by atoms with E-state index in [-0.39, 0.29) is 0 Å². The Bertz CT molecular complexity index is 481. The predicted octanol–water partition coefficient (Wildman–Crippen LogP) is 7.73. The third kappa shape index (κ3) is 4.59. The summed E-state index contributed by atoms with van der Waals surface area (Å²) in [7, 11) is 0. The molecule has 0 radical (unpaired) electrons. The second-order valence-electron chi connectivity index (χ2n) is 11.5. The van der Waals surface area contributed by atoms with Gasteiger partial charge in [-0.15, -0.1) is 0 Å². The quantitative estimate of drug-likeness (QED) is 0.358. The van der Waals surface area contributed by atoms with Crippen LogP contribution < -0.4 is 0 Å². The number of ether oxygens (including phenoxy) is 1. The lowest BCUT2D eigenvalue weighted by atomic mass is 9.67. The highest BCUT2D eigenvalue weighted by Crippen LogP contribution is 2.66. The fourth-order valence-corrected chi connectivity index (χ4v) is 7.26. The van der Waals surface area contributed by atoms with Crippen molar-refractivity contribution < 1.29 is 4.74 Å². The Kier molecular flexibility index (Phi) is 6.72. The number of hydrogen-bond donors (Lipinski definition) is 0. The first-order valence-electron chi connectivity index (χ1n) is 12.4. The van der Waals surface area contributed by atoms with E-state index in [2.05, 4.69) is 48.5 Å². The fourth-order valence-electron chi connectivity index (χ4n) is 7.26. The molecule has 158 valence electrons. The zero-order chi connectivity index (χ0) is 19.8. The standard InChI is InChI=1S/C26H48O/c1-8-11-24(27-10-3)21(12-13-25(6)16-22(25)18(4)9-2)20-14-19(5)23-17-26(23,7)15-20/h18-24H,8-17H2,1-7H3. The first-order chi connectivity index (χ1) is 12.8. The fraction of sp³-hybridized carbons (Fsp3) is 1.00. The molecule has 3 rings (SSSR count). The van der Waals surface area contributed by atoms with Crippen molar-refractivity contribution in [3.63, 3.8) is 0 Å². The molecule has 0 amide bonds. The number of rotatable bonds is 11. The smallest absolute Gasteiger partial charge is 0.0605 e. The topological polar surface area (TPSA) is 9.23 Å². The molecule has 0 aliphatic heterocycles. The zero-order valence-corrected chi connectivity index (χ0v) is 19.5. The van der Waals surface area contributed by atoms with Gasteiger partial charge < -0.3 is 4.74 Å². The van der Waals surface area contributed by atoms with Crippen molar-refractivity contribution in [2.45, 2.75) is 112 Å². The number of fused-ring (bicyclic) bond motifs is 1. The minimum atomic E-state index is 0.500. The molecule has 27 heavy (non-hydrogen) atoms. The van der Waals surface area contributed by atoms with Crippen molar-refractivity contribution in [2.75, 3.05) is 6.61 Å². The summed E-state index contributed by atoms with van der Waals surface area (Å²) in [5.41, 5.74) is 1.30. The molecule has 3 aliphatic rings. The van der Waals surface area contributed by atoms with Crippen molar-refractivity contribution in [3.05, 3.63) is 0 Å². The molecule has 3 aliphatic carbocycles. The van der Waals surface area contributed by atoms with E-state index in [9.17, 15) is 0 Å². The van der Waals surface area contributed by atoms with Gasteiger partial charge in [0.2, 0.25) is 0 Å². The van der Waals surface area contributed by atoms with E-state index in [1.54, 1.807) is 0 Å². The molecule has 0 aromatic carbocycles. The molecule has 0 bridgehead atoms. The van der Waals surface area contributed by atoms with Gasteiger partial charge in [-0.25, -0.2) is 0 Å². The molecule has 3 fully saturated rings. The van der Waals surface area contributed by atoms with E-state index in [0.717, 1.165) is 42.1 Å². The summed E-state index contributed by atoms with van der Waals surface area (Å²) >= 11 is 0. The van der Waals surface area contributed by atoms with Gasteiger partial charge in [-0.2, -0.15) is 0 Å². The minimum absolute atomic E-state index is 0.500. The normalized spacial score (nSPS) is 43.7. The Morgan fingerprint density at radius 3 is 2.37 bits per heavy atom. The van der Waals surface area contributed by atoms with E-state index >= 15 is 0 Å². The maximum atomic E-state index is 6.40. The molecule has 9 unspecified atom stereocenters. The van der Waals surface area contributed by atoms with E-state index in [4.69, 9.17) is 4.74 Å². The average molecular weight is 377 g/mol. The Morgan fingerprint density at radius 2 is 1.78 bits per heavy atom. The van der Waals surface area contributed by atoms with Crippen molar-refractivity contribution in [1.29, 1.82) is 0 Å². The van der Waals surface area contributed by atoms with Crippen LogP contribution in [0.15, 0.2) is 0 Å². The summed E-state index contributed by atoms with van der Waals surface area (Å²) in [5.74, 6) is 5.55. The Hall–Kier alpha value is -0.0400. The summed E-state index contributed by atoms with van der Waals surface area (Å²) in [6.07, 6.45) is 13.1. The summed E-state index contributed by atoms with van der Waals surface area (Å²) in [5, 5.41) is 0. The third-order valence-corrected chi connectivity index (χ3v) is 9.35. The van der Waals surface area contributed by atoms with Crippen molar-refractivity contribution in [2.24, 2.45) is 46.3 Å². The largest absolute Gasteiger partial charge is 0.378 e. The Morgan fingerprint density at radius 1 is 1.04 bits per heavy atom. The predicted molar refractivity (Wildman–Crippen MR) is 117 cm³/mol. The van der Waals surface area contributed by atoms with Crippen molar-refractivity contribution in [3.8, 4) is 0 Å². The van der Waals surface area contributed by atoms with Crippen molar-refractivity contribution in [1.82, 2.24) is 0 Å². The molecular weight excluding hydrogens is 328 g/mol. The lowest BCUT2D eigenvalue weighted by molar-refractivity contribution is -0.0281. The summed E-state index contributed by atoms with van der Waals surface area (Å²) in [4.78, 5) is 0. The van der Waals surface area contributed by atoms with Crippen LogP contribution in [-0.2, 0) is 4.74 Å². The lowest BCUT2D eigenvalue weighted by Gasteiger charge is -2.40. The van der Waals surface area contributed by atoms with Crippen LogP contribution in [0.4, 0.5) is 0 Å². The molecule has 3 saturated carbocycles. The van der Waals surface area contributed by atoms with Gasteiger partial charge in [0.15, 0.2) is 0 Å². The van der Waals surface area contributed by atoms with Crippen LogP contribution in [0.2, 0.25) is 0 Å². The first-order valence-corrected chi connectivity index (χ1v) is 12.4. The molecular formula is C26H48O. The molecule has 9 atom stereocenters. The molecule has 0 spiro atoms. The van der Waals surface area contributed by atoms with Crippen LogP contribution >= 0.6 is 0 Å².